The Balaban J connectivity index is 1.59. The van der Waals surface area contributed by atoms with Crippen LogP contribution in [0, 0.1) is 6.92 Å². The quantitative estimate of drug-likeness (QED) is 0.161. The number of nitrogens with one attached hydrogen (secondary N) is 2. The smallest absolute Gasteiger partial charge is 0.416 e. The summed E-state index contributed by atoms with van der Waals surface area (Å²) in [5.74, 6) is -1.72. The second-order valence-corrected chi connectivity index (χ2v) is 10.2. The van der Waals surface area contributed by atoms with Crippen LogP contribution in [0.25, 0.3) is 22.3 Å². The highest BCUT2D eigenvalue weighted by Crippen LogP contribution is 2.37. The lowest BCUT2D eigenvalue weighted by atomic mass is 9.93. The molecule has 1 amide bonds. The van der Waals surface area contributed by atoms with Gasteiger partial charge in [-0.05, 0) is 71.6 Å². The Morgan fingerprint density at radius 3 is 2.07 bits per heavy atom. The van der Waals surface area contributed by atoms with E-state index in [0.29, 0.717) is 33.5 Å². The molecular weight excluding hydrogens is 612 g/mol. The van der Waals surface area contributed by atoms with Crippen molar-refractivity contribution >= 4 is 29.2 Å². The van der Waals surface area contributed by atoms with Crippen molar-refractivity contribution < 1.29 is 41.0 Å². The summed E-state index contributed by atoms with van der Waals surface area (Å²) < 4.78 is 79.8. The number of alkyl halides is 6. The van der Waals surface area contributed by atoms with Crippen LogP contribution in [0.4, 0.5) is 32.0 Å². The third-order valence-electron chi connectivity index (χ3n) is 6.69. The van der Waals surface area contributed by atoms with Crippen molar-refractivity contribution in [3.63, 3.8) is 0 Å². The third-order valence-corrected chi connectivity index (χ3v) is 7.01. The van der Waals surface area contributed by atoms with Crippen molar-refractivity contribution in [1.29, 1.82) is 0 Å². The number of aliphatic carboxylic acids is 1. The van der Waals surface area contributed by atoms with E-state index in [9.17, 15) is 35.9 Å². The Bertz CT molecular complexity index is 1670. The van der Waals surface area contributed by atoms with Gasteiger partial charge in [0.05, 0.1) is 22.6 Å². The van der Waals surface area contributed by atoms with Crippen molar-refractivity contribution in [2.24, 2.45) is 0 Å². The number of hydrogen-bond acceptors (Lipinski definition) is 4. The van der Waals surface area contributed by atoms with Gasteiger partial charge in [-0.1, -0.05) is 35.9 Å². The Hall–Kier alpha value is -4.58. The zero-order chi connectivity index (χ0) is 32.2. The van der Waals surface area contributed by atoms with Crippen LogP contribution in [0.2, 0.25) is 5.02 Å². The largest absolute Gasteiger partial charge is 0.481 e. The highest BCUT2D eigenvalue weighted by molar-refractivity contribution is 6.33. The molecule has 0 saturated heterocycles. The summed E-state index contributed by atoms with van der Waals surface area (Å²) >= 11 is 6.44. The van der Waals surface area contributed by atoms with E-state index >= 15 is 0 Å². The second-order valence-electron chi connectivity index (χ2n) is 9.77. The highest BCUT2D eigenvalue weighted by atomic mass is 35.5. The van der Waals surface area contributed by atoms with Gasteiger partial charge in [0.15, 0.2) is 0 Å². The summed E-state index contributed by atoms with van der Waals surface area (Å²) in [5.41, 5.74) is 1.18. The molecule has 0 unspecified atom stereocenters. The zero-order valence-electron chi connectivity index (χ0n) is 22.9. The van der Waals surface area contributed by atoms with Gasteiger partial charge in [0, 0.05) is 36.1 Å². The second kappa shape index (κ2) is 13.0. The van der Waals surface area contributed by atoms with E-state index in [1.54, 1.807) is 18.2 Å². The van der Waals surface area contributed by atoms with Crippen LogP contribution in [0.15, 0.2) is 72.9 Å². The Morgan fingerprint density at radius 1 is 0.841 bits per heavy atom. The van der Waals surface area contributed by atoms with Gasteiger partial charge in [0.2, 0.25) is 0 Å². The maximum absolute atomic E-state index is 13.7. The molecule has 3 aromatic carbocycles. The number of anilines is 1. The number of amides is 1. The highest BCUT2D eigenvalue weighted by Gasteiger charge is 2.32. The van der Waals surface area contributed by atoms with E-state index in [4.69, 9.17) is 16.7 Å². The molecule has 1 heterocycles. The first-order valence-electron chi connectivity index (χ1n) is 13.0. The molecule has 0 aliphatic carbocycles. The summed E-state index contributed by atoms with van der Waals surface area (Å²) in [6, 6.07) is 14.2. The predicted octanol–water partition coefficient (Wildman–Crippen LogP) is 8.23. The summed E-state index contributed by atoms with van der Waals surface area (Å²) in [5, 5.41) is 14.5. The number of aromatic nitrogens is 1. The summed E-state index contributed by atoms with van der Waals surface area (Å²) in [4.78, 5) is 27.0. The van der Waals surface area contributed by atoms with Crippen molar-refractivity contribution in [2.45, 2.75) is 32.2 Å². The predicted molar refractivity (Wildman–Crippen MR) is 153 cm³/mol. The molecule has 0 bridgehead atoms. The SMILES string of the molecule is Cc1cc(C(F)(F)F)cc(-c2ccc(C(=O)NCCC(=O)O)nc2)c1CNc1ccc(-c2ccc(C(F)(F)F)cc2)c(Cl)c1. The monoisotopic (exact) mass is 635 g/mol. The lowest BCUT2D eigenvalue weighted by molar-refractivity contribution is -0.138. The lowest BCUT2D eigenvalue weighted by Gasteiger charge is -2.18. The van der Waals surface area contributed by atoms with Gasteiger partial charge in [-0.25, -0.2) is 0 Å². The fourth-order valence-corrected chi connectivity index (χ4v) is 4.71. The van der Waals surface area contributed by atoms with E-state index in [-0.39, 0.29) is 35.8 Å². The number of halogens is 7. The van der Waals surface area contributed by atoms with E-state index in [0.717, 1.165) is 24.3 Å². The number of nitrogens with zero attached hydrogens (tertiary/aromatic N) is 1. The molecule has 0 aliphatic rings. The first kappa shape index (κ1) is 32.3. The third kappa shape index (κ3) is 7.87. The van der Waals surface area contributed by atoms with Gasteiger partial charge in [0.25, 0.3) is 5.91 Å². The summed E-state index contributed by atoms with van der Waals surface area (Å²) in [6.07, 6.45) is -8.11. The Labute approximate surface area is 252 Å². The average Bonchev–Trinajstić information content (AvgIpc) is 2.95. The molecule has 4 rings (SSSR count). The van der Waals surface area contributed by atoms with Crippen LogP contribution in [-0.2, 0) is 23.7 Å². The van der Waals surface area contributed by atoms with Crippen LogP contribution < -0.4 is 10.6 Å². The van der Waals surface area contributed by atoms with Crippen molar-refractivity contribution in [3.8, 4) is 22.3 Å². The molecule has 13 heteroatoms. The van der Waals surface area contributed by atoms with Crippen molar-refractivity contribution in [3.05, 3.63) is 106 Å². The molecular formula is C31H24ClF6N3O3. The van der Waals surface area contributed by atoms with Crippen molar-refractivity contribution in [2.75, 3.05) is 11.9 Å². The molecule has 44 heavy (non-hydrogen) atoms. The number of carboxylic acid groups (broad SMARTS) is 1. The molecule has 0 saturated carbocycles. The minimum absolute atomic E-state index is 0.0368. The van der Waals surface area contributed by atoms with Gasteiger partial charge in [0.1, 0.15) is 5.69 Å². The fraction of sp³-hybridized carbons (Fsp3) is 0.194. The van der Waals surface area contributed by atoms with Gasteiger partial charge in [-0.2, -0.15) is 26.3 Å². The molecule has 0 fully saturated rings. The number of pyridine rings is 1. The molecule has 230 valence electrons. The fourth-order valence-electron chi connectivity index (χ4n) is 4.42. The number of hydrogen-bond donors (Lipinski definition) is 3. The number of rotatable bonds is 9. The zero-order valence-corrected chi connectivity index (χ0v) is 23.7. The maximum Gasteiger partial charge on any atom is 0.416 e. The van der Waals surface area contributed by atoms with Gasteiger partial charge in [-0.3, -0.25) is 14.6 Å². The van der Waals surface area contributed by atoms with E-state index in [2.05, 4.69) is 15.6 Å². The average molecular weight is 636 g/mol. The molecule has 3 N–H and O–H groups in total. The van der Waals surface area contributed by atoms with E-state index in [1.807, 2.05) is 0 Å². The number of aryl methyl sites for hydroxylation is 1. The molecule has 0 atom stereocenters. The maximum atomic E-state index is 13.7. The number of carbonyl (C=O) groups is 2. The van der Waals surface area contributed by atoms with Crippen LogP contribution >= 0.6 is 11.6 Å². The normalized spacial score (nSPS) is 11.7. The van der Waals surface area contributed by atoms with Gasteiger partial charge >= 0.3 is 18.3 Å². The topological polar surface area (TPSA) is 91.3 Å². The Morgan fingerprint density at radius 2 is 1.50 bits per heavy atom. The van der Waals surface area contributed by atoms with Crippen molar-refractivity contribution in [1.82, 2.24) is 10.3 Å². The molecule has 4 aromatic rings. The minimum Gasteiger partial charge on any atom is -0.481 e. The molecule has 6 nitrogen and oxygen atoms in total. The van der Waals surface area contributed by atoms with Crippen LogP contribution in [0.5, 0.6) is 0 Å². The first-order chi connectivity index (χ1) is 20.6. The first-order valence-corrected chi connectivity index (χ1v) is 13.4. The number of carboxylic acids is 1. The van der Waals surface area contributed by atoms with Crippen LogP contribution in [0.3, 0.4) is 0 Å². The molecule has 0 spiro atoms. The lowest BCUT2D eigenvalue weighted by Crippen LogP contribution is -2.26. The standard InChI is InChI=1S/C31H24ClF6N3O3/c1-17-12-21(31(36,37)38)13-24(19-4-9-27(41-15-19)29(44)39-11-10-28(42)43)25(17)16-40-22-7-8-23(26(32)14-22)18-2-5-20(6-3-18)30(33,34)35/h2-9,12-15,40H,10-11,16H2,1H3,(H,39,44)(H,42,43). The van der Waals surface area contributed by atoms with Gasteiger partial charge < -0.3 is 15.7 Å². The van der Waals surface area contributed by atoms with Crippen LogP contribution in [0.1, 0.15) is 39.2 Å². The van der Waals surface area contributed by atoms with E-state index in [1.165, 1.54) is 37.4 Å². The van der Waals surface area contributed by atoms with Crippen LogP contribution in [-0.4, -0.2) is 28.5 Å². The Kier molecular flexibility index (Phi) is 9.53. The minimum atomic E-state index is -4.62. The van der Waals surface area contributed by atoms with Gasteiger partial charge in [-0.15, -0.1) is 0 Å². The number of benzene rings is 3. The summed E-state index contributed by atoms with van der Waals surface area (Å²) in [7, 11) is 0. The molecule has 0 radical (unpaired) electrons. The summed E-state index contributed by atoms with van der Waals surface area (Å²) in [6.45, 7) is 1.50. The molecule has 0 aliphatic heterocycles. The molecule has 1 aromatic heterocycles. The van der Waals surface area contributed by atoms with E-state index < -0.39 is 35.4 Å². The number of carbonyl (C=O) groups excluding carboxylic acids is 1.